The number of nitrogens with zero attached hydrogens (tertiary/aromatic N) is 4. The molecule has 2 aromatic carbocycles. The van der Waals surface area contributed by atoms with E-state index in [1.165, 1.54) is 18.0 Å². The van der Waals surface area contributed by atoms with Gasteiger partial charge in [-0.05, 0) is 44.2 Å². The lowest BCUT2D eigenvalue weighted by Gasteiger charge is -2.24. The zero-order valence-corrected chi connectivity index (χ0v) is 18.5. The van der Waals surface area contributed by atoms with Crippen molar-refractivity contribution in [2.45, 2.75) is 24.3 Å². The Balaban J connectivity index is 1.64. The minimum atomic E-state index is -0.455. The third kappa shape index (κ3) is 4.35. The van der Waals surface area contributed by atoms with Gasteiger partial charge in [-0.1, -0.05) is 47.6 Å². The number of nitrogens with one attached hydrogen (secondary N) is 1. The number of aromatic amines is 1. The zero-order valence-electron chi connectivity index (χ0n) is 16.9. The van der Waals surface area contributed by atoms with Gasteiger partial charge >= 0.3 is 0 Å². The van der Waals surface area contributed by atoms with Crippen LogP contribution in [0.2, 0.25) is 5.02 Å². The summed E-state index contributed by atoms with van der Waals surface area (Å²) in [5.74, 6) is -0.0650. The summed E-state index contributed by atoms with van der Waals surface area (Å²) in [6.07, 6.45) is 1.47. The van der Waals surface area contributed by atoms with E-state index in [1.54, 1.807) is 34.7 Å². The highest BCUT2D eigenvalue weighted by molar-refractivity contribution is 8.00. The second kappa shape index (κ2) is 8.95. The summed E-state index contributed by atoms with van der Waals surface area (Å²) in [5, 5.41) is 5.11. The van der Waals surface area contributed by atoms with Gasteiger partial charge in [-0.2, -0.15) is 5.10 Å². The lowest BCUT2D eigenvalue weighted by molar-refractivity contribution is -0.117. The largest absolute Gasteiger partial charge is 0.312 e. The van der Waals surface area contributed by atoms with Crippen molar-refractivity contribution in [3.05, 3.63) is 76.2 Å². The SMILES string of the molecule is CCN(C(=O)C(C)Sc1nc2c(cnn2-c2cccc(Cl)c2)c(=O)[nH]1)c1ccccc1. The number of benzene rings is 2. The molecule has 0 spiro atoms. The van der Waals surface area contributed by atoms with Gasteiger partial charge in [-0.3, -0.25) is 9.59 Å². The lowest BCUT2D eigenvalue weighted by atomic mass is 10.2. The number of carbonyl (C=O) groups excluding carboxylic acids is 1. The highest BCUT2D eigenvalue weighted by Crippen LogP contribution is 2.25. The zero-order chi connectivity index (χ0) is 22.0. The molecule has 4 rings (SSSR count). The van der Waals surface area contributed by atoms with Crippen LogP contribution in [0.15, 0.2) is 70.7 Å². The van der Waals surface area contributed by atoms with Crippen LogP contribution in [0.4, 0.5) is 5.69 Å². The Labute approximate surface area is 188 Å². The van der Waals surface area contributed by atoms with Crippen LogP contribution in [0.3, 0.4) is 0 Å². The smallest absolute Gasteiger partial charge is 0.262 e. The Hall–Kier alpha value is -3.10. The highest BCUT2D eigenvalue weighted by atomic mass is 35.5. The summed E-state index contributed by atoms with van der Waals surface area (Å²) in [6.45, 7) is 4.27. The van der Waals surface area contributed by atoms with E-state index < -0.39 is 5.25 Å². The maximum atomic E-state index is 13.1. The summed E-state index contributed by atoms with van der Waals surface area (Å²) < 4.78 is 1.56. The summed E-state index contributed by atoms with van der Waals surface area (Å²) in [4.78, 5) is 34.7. The van der Waals surface area contributed by atoms with Gasteiger partial charge in [0, 0.05) is 17.3 Å². The van der Waals surface area contributed by atoms with Gasteiger partial charge in [0.05, 0.1) is 17.1 Å². The number of thioether (sulfide) groups is 1. The average Bonchev–Trinajstić information content (AvgIpc) is 3.19. The monoisotopic (exact) mass is 453 g/mol. The molecule has 1 unspecified atom stereocenters. The number of anilines is 1. The number of hydrogen-bond donors (Lipinski definition) is 1. The molecule has 2 heterocycles. The molecule has 0 fully saturated rings. The van der Waals surface area contributed by atoms with Crippen LogP contribution in [-0.2, 0) is 4.79 Å². The molecule has 4 aromatic rings. The summed E-state index contributed by atoms with van der Waals surface area (Å²) in [5.41, 5.74) is 1.62. The molecule has 31 heavy (non-hydrogen) atoms. The number of aromatic nitrogens is 4. The number of carbonyl (C=O) groups is 1. The van der Waals surface area contributed by atoms with Gasteiger partial charge in [0.25, 0.3) is 5.56 Å². The molecule has 2 aromatic heterocycles. The molecule has 0 radical (unpaired) electrons. The molecule has 0 saturated heterocycles. The van der Waals surface area contributed by atoms with Crippen LogP contribution in [0.1, 0.15) is 13.8 Å². The minimum Gasteiger partial charge on any atom is -0.312 e. The standard InChI is InChI=1S/C22H20ClN5O2S/c1-3-27(16-9-5-4-6-10-16)21(30)14(2)31-22-25-19-18(20(29)26-22)13-24-28(19)17-11-7-8-15(23)12-17/h4-14H,3H2,1-2H3,(H,25,26,29). The fourth-order valence-corrected chi connectivity index (χ4v) is 4.30. The third-order valence-corrected chi connectivity index (χ3v) is 5.96. The number of H-pyrrole nitrogens is 1. The van der Waals surface area contributed by atoms with E-state index >= 15 is 0 Å². The molecule has 0 aliphatic carbocycles. The normalized spacial score (nSPS) is 12.1. The van der Waals surface area contributed by atoms with Crippen molar-refractivity contribution in [3.63, 3.8) is 0 Å². The number of hydrogen-bond acceptors (Lipinski definition) is 5. The van der Waals surface area contributed by atoms with E-state index in [2.05, 4.69) is 15.1 Å². The van der Waals surface area contributed by atoms with Gasteiger partial charge < -0.3 is 9.88 Å². The Morgan fingerprint density at radius 1 is 1.23 bits per heavy atom. The lowest BCUT2D eigenvalue weighted by Crippen LogP contribution is -2.36. The molecule has 0 bridgehead atoms. The second-order valence-electron chi connectivity index (χ2n) is 6.82. The molecule has 1 atom stereocenters. The van der Waals surface area contributed by atoms with Gasteiger partial charge in [0.1, 0.15) is 5.39 Å². The fraction of sp³-hybridized carbons (Fsp3) is 0.182. The van der Waals surface area contributed by atoms with Crippen molar-refractivity contribution in [1.82, 2.24) is 19.7 Å². The van der Waals surface area contributed by atoms with Crippen molar-refractivity contribution >= 4 is 46.0 Å². The molecular weight excluding hydrogens is 434 g/mol. The van der Waals surface area contributed by atoms with E-state index in [0.717, 1.165) is 5.69 Å². The molecular formula is C22H20ClN5O2S. The van der Waals surface area contributed by atoms with Gasteiger partial charge in [-0.25, -0.2) is 9.67 Å². The summed E-state index contributed by atoms with van der Waals surface area (Å²) in [7, 11) is 0. The Kier molecular flexibility index (Phi) is 6.11. The van der Waals surface area contributed by atoms with Crippen LogP contribution in [0.25, 0.3) is 16.7 Å². The van der Waals surface area contributed by atoms with Gasteiger partial charge in [0.2, 0.25) is 5.91 Å². The molecule has 0 aliphatic heterocycles. The quantitative estimate of drug-likeness (QED) is 0.347. The van der Waals surface area contributed by atoms with Crippen LogP contribution in [0.5, 0.6) is 0 Å². The number of fused-ring (bicyclic) bond motifs is 1. The van der Waals surface area contributed by atoms with Crippen LogP contribution in [0, 0.1) is 0 Å². The van der Waals surface area contributed by atoms with E-state index in [9.17, 15) is 9.59 Å². The Morgan fingerprint density at radius 3 is 2.71 bits per heavy atom. The van der Waals surface area contributed by atoms with Gasteiger partial charge in [0.15, 0.2) is 10.8 Å². The fourth-order valence-electron chi connectivity index (χ4n) is 3.26. The first-order valence-corrected chi connectivity index (χ1v) is 11.0. The number of rotatable bonds is 6. The minimum absolute atomic E-state index is 0.0650. The first kappa shape index (κ1) is 21.1. The van der Waals surface area contributed by atoms with E-state index in [4.69, 9.17) is 11.6 Å². The van der Waals surface area contributed by atoms with E-state index in [1.807, 2.05) is 43.3 Å². The predicted octanol–water partition coefficient (Wildman–Crippen LogP) is 4.30. The van der Waals surface area contributed by atoms with E-state index in [-0.39, 0.29) is 11.5 Å². The maximum Gasteiger partial charge on any atom is 0.262 e. The Morgan fingerprint density at radius 2 is 2.00 bits per heavy atom. The second-order valence-corrected chi connectivity index (χ2v) is 8.59. The summed E-state index contributed by atoms with van der Waals surface area (Å²) in [6, 6.07) is 16.6. The molecule has 0 saturated carbocycles. The molecule has 9 heteroatoms. The van der Waals surface area contributed by atoms with E-state index in [0.29, 0.717) is 33.4 Å². The van der Waals surface area contributed by atoms with Crippen molar-refractivity contribution in [1.29, 1.82) is 0 Å². The predicted molar refractivity (Wildman–Crippen MR) is 124 cm³/mol. The average molecular weight is 454 g/mol. The topological polar surface area (TPSA) is 83.9 Å². The van der Waals surface area contributed by atoms with Crippen LogP contribution < -0.4 is 10.5 Å². The summed E-state index contributed by atoms with van der Waals surface area (Å²) >= 11 is 7.30. The van der Waals surface area contributed by atoms with Crippen molar-refractivity contribution in [2.24, 2.45) is 0 Å². The first-order chi connectivity index (χ1) is 15.0. The van der Waals surface area contributed by atoms with Crippen molar-refractivity contribution in [2.75, 3.05) is 11.4 Å². The highest BCUT2D eigenvalue weighted by Gasteiger charge is 2.23. The van der Waals surface area contributed by atoms with Crippen molar-refractivity contribution in [3.8, 4) is 5.69 Å². The number of para-hydroxylation sites is 1. The van der Waals surface area contributed by atoms with Crippen LogP contribution >= 0.6 is 23.4 Å². The third-order valence-electron chi connectivity index (χ3n) is 4.76. The number of amides is 1. The number of halogens is 1. The maximum absolute atomic E-state index is 13.1. The molecule has 7 nitrogen and oxygen atoms in total. The molecule has 1 amide bonds. The first-order valence-electron chi connectivity index (χ1n) is 9.75. The van der Waals surface area contributed by atoms with Crippen LogP contribution in [-0.4, -0.2) is 37.5 Å². The molecule has 0 aliphatic rings. The Bertz CT molecular complexity index is 1290. The van der Waals surface area contributed by atoms with Crippen molar-refractivity contribution < 1.29 is 4.79 Å². The van der Waals surface area contributed by atoms with Gasteiger partial charge in [-0.15, -0.1) is 0 Å². The molecule has 158 valence electrons. The molecule has 1 N–H and O–H groups in total.